The highest BCUT2D eigenvalue weighted by Crippen LogP contribution is 1.94. The molecule has 3 nitrogen and oxygen atoms in total. The van der Waals surface area contributed by atoms with Crippen molar-refractivity contribution in [3.05, 3.63) is 11.8 Å². The minimum Gasteiger partial charge on any atom is -0.652 e. The van der Waals surface area contributed by atoms with Crippen LogP contribution in [-0.4, -0.2) is 36.1 Å². The molecule has 0 N–H and O–H groups in total. The van der Waals surface area contributed by atoms with E-state index in [-0.39, 0.29) is 5.78 Å². The molecule has 0 aromatic heterocycles. The Morgan fingerprint density at radius 1 is 1.70 bits per heavy atom. The standard InChI is InChI=1S/C6H10O3.Al.H/c1-5(7)3-6(8)4-9-2;;/h3,8H,4H2,1-2H3;;/q;+1;/p-1. The summed E-state index contributed by atoms with van der Waals surface area (Å²) in [6.07, 6.45) is 1.41. The van der Waals surface area contributed by atoms with Gasteiger partial charge in [-0.15, -0.1) is 0 Å². The zero-order chi connectivity index (χ0) is 7.98. The fraction of sp³-hybridized carbons (Fsp3) is 0.500. The fourth-order valence-corrected chi connectivity index (χ4v) is 0.661. The Hall–Kier alpha value is -0.298. The maximum absolute atomic E-state index is 10.5. The van der Waals surface area contributed by atoms with Gasteiger partial charge < -0.3 is 8.53 Å². The minimum atomic E-state index is -0.0290. The highest BCUT2D eigenvalue weighted by atomic mass is 27.1. The Balaban J connectivity index is 3.91. The van der Waals surface area contributed by atoms with Crippen molar-refractivity contribution in [1.29, 1.82) is 0 Å². The lowest BCUT2D eigenvalue weighted by Gasteiger charge is -2.05. The van der Waals surface area contributed by atoms with Gasteiger partial charge in [-0.25, -0.2) is 0 Å². The van der Waals surface area contributed by atoms with E-state index in [1.165, 1.54) is 29.6 Å². The molecule has 0 unspecified atom stereocenters. The van der Waals surface area contributed by atoms with Gasteiger partial charge in [0.05, 0.1) is 5.76 Å². The molecule has 0 amide bonds. The molecule has 0 saturated carbocycles. The van der Waals surface area contributed by atoms with Gasteiger partial charge in [-0.2, -0.15) is 0 Å². The number of methoxy groups -OCH3 is 1. The molecule has 0 aliphatic heterocycles. The van der Waals surface area contributed by atoms with Crippen molar-refractivity contribution in [3.8, 4) is 0 Å². The van der Waals surface area contributed by atoms with Crippen LogP contribution in [0.25, 0.3) is 0 Å². The first-order chi connectivity index (χ1) is 4.70. The van der Waals surface area contributed by atoms with Gasteiger partial charge in [0, 0.05) is 13.2 Å². The fourth-order valence-electron chi connectivity index (χ4n) is 0.494. The predicted molar refractivity (Wildman–Crippen MR) is 38.9 cm³/mol. The van der Waals surface area contributed by atoms with Gasteiger partial charge in [-0.3, -0.25) is 4.79 Å². The van der Waals surface area contributed by atoms with Gasteiger partial charge in [-0.1, -0.05) is 0 Å². The Morgan fingerprint density at radius 2 is 2.30 bits per heavy atom. The largest absolute Gasteiger partial charge is 0.652 e. The summed E-state index contributed by atoms with van der Waals surface area (Å²) in [5.41, 5.74) is 0. The van der Waals surface area contributed by atoms with Crippen molar-refractivity contribution in [2.75, 3.05) is 13.7 Å². The Labute approximate surface area is 68.8 Å². The number of carbonyl (C=O) groups excluding carboxylic acids is 1. The second-order valence-corrected chi connectivity index (χ2v) is 2.09. The molecule has 0 aliphatic rings. The Morgan fingerprint density at radius 3 is 2.60 bits per heavy atom. The Bertz CT molecular complexity index is 142. The van der Waals surface area contributed by atoms with Gasteiger partial charge in [0.15, 0.2) is 5.78 Å². The van der Waals surface area contributed by atoms with E-state index in [1.54, 1.807) is 7.11 Å². The molecule has 0 rings (SSSR count). The summed E-state index contributed by atoms with van der Waals surface area (Å²) in [6.45, 7) is 1.82. The summed E-state index contributed by atoms with van der Waals surface area (Å²) >= 11 is 1.32. The molecule has 55 valence electrons. The molecule has 0 aliphatic carbocycles. The quantitative estimate of drug-likeness (QED) is 0.326. The number of ether oxygens (including phenoxy) is 1. The smallest absolute Gasteiger partial charge is 0.494 e. The summed E-state index contributed by atoms with van der Waals surface area (Å²) in [4.78, 5) is 10.5. The van der Waals surface area contributed by atoms with Crippen molar-refractivity contribution in [2.45, 2.75) is 6.92 Å². The van der Waals surface area contributed by atoms with Crippen LogP contribution in [0.4, 0.5) is 0 Å². The Kier molecular flexibility index (Phi) is 5.32. The molecular formula is C6H10AlO3. The summed E-state index contributed by atoms with van der Waals surface area (Å²) in [5.74, 6) is 0.534. The number of ketones is 1. The van der Waals surface area contributed by atoms with Crippen molar-refractivity contribution in [3.63, 3.8) is 0 Å². The zero-order valence-electron chi connectivity index (χ0n) is 6.22. The average molecular weight is 157 g/mol. The van der Waals surface area contributed by atoms with Gasteiger partial charge in [0.1, 0.15) is 6.61 Å². The molecule has 0 heterocycles. The van der Waals surface area contributed by atoms with Crippen molar-refractivity contribution < 1.29 is 13.3 Å². The topological polar surface area (TPSA) is 35.5 Å². The second kappa shape index (κ2) is 5.48. The van der Waals surface area contributed by atoms with Crippen molar-refractivity contribution in [2.24, 2.45) is 0 Å². The lowest BCUT2D eigenvalue weighted by Crippen LogP contribution is -1.99. The van der Waals surface area contributed by atoms with E-state index in [9.17, 15) is 4.79 Å². The van der Waals surface area contributed by atoms with E-state index >= 15 is 0 Å². The monoisotopic (exact) mass is 157 g/mol. The van der Waals surface area contributed by atoms with E-state index in [0.717, 1.165) is 0 Å². The summed E-state index contributed by atoms with van der Waals surface area (Å²) in [7, 11) is 1.55. The van der Waals surface area contributed by atoms with Crippen LogP contribution in [0.3, 0.4) is 0 Å². The van der Waals surface area contributed by atoms with E-state index < -0.39 is 0 Å². The van der Waals surface area contributed by atoms with Crippen LogP contribution < -0.4 is 0 Å². The third-order valence-corrected chi connectivity index (χ3v) is 1.21. The van der Waals surface area contributed by atoms with Crippen molar-refractivity contribution in [1.82, 2.24) is 0 Å². The molecule has 0 bridgehead atoms. The van der Waals surface area contributed by atoms with Gasteiger partial charge in [-0.05, 0) is 6.92 Å². The molecular weight excluding hydrogens is 147 g/mol. The van der Waals surface area contributed by atoms with Crippen LogP contribution >= 0.6 is 0 Å². The van der Waals surface area contributed by atoms with Crippen LogP contribution in [0, 0.1) is 0 Å². The van der Waals surface area contributed by atoms with Crippen LogP contribution in [0.5, 0.6) is 0 Å². The molecule has 0 atom stereocenters. The molecule has 4 heteroatoms. The summed E-state index contributed by atoms with van der Waals surface area (Å²) in [6, 6.07) is 0. The lowest BCUT2D eigenvalue weighted by molar-refractivity contribution is -0.112. The number of allylic oxidation sites excluding steroid dienone is 1. The van der Waals surface area contributed by atoms with Crippen LogP contribution in [0.2, 0.25) is 0 Å². The molecule has 0 aromatic rings. The summed E-state index contributed by atoms with van der Waals surface area (Å²) in [5, 5.41) is 0. The zero-order valence-corrected chi connectivity index (χ0v) is 7.63. The maximum Gasteiger partial charge on any atom is 0.494 e. The molecule has 0 spiro atoms. The number of hydrogen-bond acceptors (Lipinski definition) is 3. The third-order valence-electron chi connectivity index (χ3n) is 0.836. The van der Waals surface area contributed by atoms with Crippen molar-refractivity contribution >= 4 is 22.4 Å². The van der Waals surface area contributed by atoms with E-state index in [0.29, 0.717) is 12.4 Å². The molecule has 1 radical (unpaired) electrons. The predicted octanol–water partition coefficient (Wildman–Crippen LogP) is -0.0619. The highest BCUT2D eigenvalue weighted by molar-refractivity contribution is 5.99. The summed E-state index contributed by atoms with van der Waals surface area (Å²) < 4.78 is 9.60. The van der Waals surface area contributed by atoms with Gasteiger partial charge in [0.2, 0.25) is 0 Å². The van der Waals surface area contributed by atoms with Crippen LogP contribution in [0.1, 0.15) is 6.92 Å². The van der Waals surface area contributed by atoms with Crippen LogP contribution in [0.15, 0.2) is 11.8 Å². The maximum atomic E-state index is 10.5. The lowest BCUT2D eigenvalue weighted by atomic mass is 10.4. The minimum absolute atomic E-state index is 0.0290. The van der Waals surface area contributed by atoms with Gasteiger partial charge in [0.25, 0.3) is 0 Å². The second-order valence-electron chi connectivity index (χ2n) is 1.80. The first kappa shape index (κ1) is 9.70. The first-order valence-electron chi connectivity index (χ1n) is 2.82. The number of carbonyl (C=O) groups is 1. The molecule has 0 saturated heterocycles. The highest BCUT2D eigenvalue weighted by Gasteiger charge is 1.94. The number of hydrogen-bond donors (Lipinski definition) is 0. The number of rotatable bonds is 4. The van der Waals surface area contributed by atoms with E-state index in [2.05, 4.69) is 0 Å². The third kappa shape index (κ3) is 4.57. The first-order valence-corrected chi connectivity index (χ1v) is 3.40. The molecule has 0 fully saturated rings. The SMILES string of the molecule is COCC(=CC(C)=O)[O][AlH]. The average Bonchev–Trinajstić information content (AvgIpc) is 1.86. The normalized spacial score (nSPS) is 11.2. The van der Waals surface area contributed by atoms with Gasteiger partial charge >= 0.3 is 16.6 Å². The van der Waals surface area contributed by atoms with E-state index in [4.69, 9.17) is 8.53 Å². The van der Waals surface area contributed by atoms with E-state index in [1.807, 2.05) is 0 Å². The molecule has 10 heavy (non-hydrogen) atoms. The van der Waals surface area contributed by atoms with Crippen LogP contribution in [-0.2, 0) is 13.3 Å². The molecule has 0 aromatic carbocycles.